The second-order valence-electron chi connectivity index (χ2n) is 4.71. The average molecular weight is 290 g/mol. The number of ether oxygens (including phenoxy) is 1. The zero-order valence-electron chi connectivity index (χ0n) is 12.1. The molecule has 21 heavy (non-hydrogen) atoms. The van der Waals surface area contributed by atoms with Gasteiger partial charge in [-0.15, -0.1) is 0 Å². The summed E-state index contributed by atoms with van der Waals surface area (Å²) in [4.78, 5) is 10.6. The first-order valence-corrected chi connectivity index (χ1v) is 6.62. The van der Waals surface area contributed by atoms with Gasteiger partial charge in [0.15, 0.2) is 5.75 Å². The standard InChI is InChI=1S/C14H18N4O3/c1-15-8-11-3-4-13(18(19)20)14(7-11)21-6-5-12-9-16-17(2)10-12/h3-4,7,9-10,15H,5-6,8H2,1-2H3. The van der Waals surface area contributed by atoms with Crippen molar-refractivity contribution >= 4 is 5.69 Å². The number of rotatable bonds is 7. The SMILES string of the molecule is CNCc1ccc([N+](=O)[O-])c(OCCc2cnn(C)c2)c1. The summed E-state index contributed by atoms with van der Waals surface area (Å²) in [7, 11) is 3.67. The Morgan fingerprint density at radius 3 is 2.86 bits per heavy atom. The van der Waals surface area contributed by atoms with Crippen molar-refractivity contribution in [3.8, 4) is 5.75 Å². The molecule has 0 fully saturated rings. The highest BCUT2D eigenvalue weighted by Gasteiger charge is 2.15. The highest BCUT2D eigenvalue weighted by Crippen LogP contribution is 2.28. The number of hydrogen-bond donors (Lipinski definition) is 1. The molecule has 0 spiro atoms. The van der Waals surface area contributed by atoms with Crippen LogP contribution in [0.5, 0.6) is 5.75 Å². The molecule has 0 saturated heterocycles. The van der Waals surface area contributed by atoms with Crippen LogP contribution >= 0.6 is 0 Å². The van der Waals surface area contributed by atoms with E-state index in [9.17, 15) is 10.1 Å². The van der Waals surface area contributed by atoms with Gasteiger partial charge in [0, 0.05) is 32.3 Å². The molecule has 1 heterocycles. The summed E-state index contributed by atoms with van der Waals surface area (Å²) < 4.78 is 7.31. The number of benzene rings is 1. The Bertz CT molecular complexity index is 624. The number of aromatic nitrogens is 2. The second kappa shape index (κ2) is 6.85. The van der Waals surface area contributed by atoms with Crippen LogP contribution in [0.15, 0.2) is 30.6 Å². The van der Waals surface area contributed by atoms with E-state index in [1.54, 1.807) is 23.0 Å². The third-order valence-electron chi connectivity index (χ3n) is 3.01. The van der Waals surface area contributed by atoms with Crippen molar-refractivity contribution < 1.29 is 9.66 Å². The number of hydrogen-bond acceptors (Lipinski definition) is 5. The van der Waals surface area contributed by atoms with Crippen LogP contribution in [0.25, 0.3) is 0 Å². The summed E-state index contributed by atoms with van der Waals surface area (Å²) in [5.74, 6) is 0.302. The van der Waals surface area contributed by atoms with Gasteiger partial charge in [0.1, 0.15) is 0 Å². The molecule has 0 aliphatic carbocycles. The molecule has 0 aliphatic heterocycles. The fraction of sp³-hybridized carbons (Fsp3) is 0.357. The fourth-order valence-corrected chi connectivity index (χ4v) is 2.02. The van der Waals surface area contributed by atoms with Crippen LogP contribution in [0.3, 0.4) is 0 Å². The van der Waals surface area contributed by atoms with E-state index in [0.29, 0.717) is 25.3 Å². The zero-order valence-corrected chi connectivity index (χ0v) is 12.1. The zero-order chi connectivity index (χ0) is 15.2. The first kappa shape index (κ1) is 15.0. The lowest BCUT2D eigenvalue weighted by molar-refractivity contribution is -0.385. The van der Waals surface area contributed by atoms with Gasteiger partial charge in [-0.25, -0.2) is 0 Å². The molecule has 0 amide bonds. The molecular weight excluding hydrogens is 272 g/mol. The normalized spacial score (nSPS) is 10.6. The monoisotopic (exact) mass is 290 g/mol. The van der Waals surface area contributed by atoms with Crippen LogP contribution in [-0.2, 0) is 20.0 Å². The van der Waals surface area contributed by atoms with E-state index in [0.717, 1.165) is 11.1 Å². The Labute approximate surface area is 122 Å². The molecule has 1 aromatic carbocycles. The van der Waals surface area contributed by atoms with E-state index in [1.807, 2.05) is 20.3 Å². The molecule has 0 aliphatic rings. The lowest BCUT2D eigenvalue weighted by atomic mass is 10.2. The van der Waals surface area contributed by atoms with Crippen LogP contribution in [0, 0.1) is 10.1 Å². The van der Waals surface area contributed by atoms with Gasteiger partial charge < -0.3 is 10.1 Å². The van der Waals surface area contributed by atoms with E-state index >= 15 is 0 Å². The minimum atomic E-state index is -0.428. The van der Waals surface area contributed by atoms with Gasteiger partial charge in [-0.2, -0.15) is 5.10 Å². The van der Waals surface area contributed by atoms with Crippen molar-refractivity contribution in [2.24, 2.45) is 7.05 Å². The molecule has 7 heteroatoms. The topological polar surface area (TPSA) is 82.2 Å². The maximum Gasteiger partial charge on any atom is 0.310 e. The van der Waals surface area contributed by atoms with Crippen LogP contribution in [0.1, 0.15) is 11.1 Å². The van der Waals surface area contributed by atoms with Crippen molar-refractivity contribution in [1.82, 2.24) is 15.1 Å². The molecule has 1 N–H and O–H groups in total. The predicted octanol–water partition coefficient (Wildman–Crippen LogP) is 1.67. The van der Waals surface area contributed by atoms with E-state index in [2.05, 4.69) is 10.4 Å². The van der Waals surface area contributed by atoms with Gasteiger partial charge in [-0.1, -0.05) is 6.07 Å². The second-order valence-corrected chi connectivity index (χ2v) is 4.71. The fourth-order valence-electron chi connectivity index (χ4n) is 2.02. The lowest BCUT2D eigenvalue weighted by Crippen LogP contribution is -2.07. The van der Waals surface area contributed by atoms with Gasteiger partial charge in [0.05, 0.1) is 17.7 Å². The molecule has 0 bridgehead atoms. The third kappa shape index (κ3) is 4.03. The highest BCUT2D eigenvalue weighted by molar-refractivity contribution is 5.48. The van der Waals surface area contributed by atoms with E-state index < -0.39 is 4.92 Å². The van der Waals surface area contributed by atoms with Crippen molar-refractivity contribution in [2.45, 2.75) is 13.0 Å². The molecular formula is C14H18N4O3. The van der Waals surface area contributed by atoms with E-state index in [-0.39, 0.29) is 5.69 Å². The Kier molecular flexibility index (Phi) is 4.89. The maximum atomic E-state index is 11.0. The summed E-state index contributed by atoms with van der Waals surface area (Å²) in [6, 6.07) is 4.91. The van der Waals surface area contributed by atoms with E-state index in [4.69, 9.17) is 4.74 Å². The molecule has 2 aromatic rings. The first-order chi connectivity index (χ1) is 10.1. The Balaban J connectivity index is 2.05. The predicted molar refractivity (Wildman–Crippen MR) is 78.3 cm³/mol. The number of nitrogens with one attached hydrogen (secondary N) is 1. The summed E-state index contributed by atoms with van der Waals surface area (Å²) >= 11 is 0. The maximum absolute atomic E-state index is 11.0. The van der Waals surface area contributed by atoms with Gasteiger partial charge in [-0.05, 0) is 24.2 Å². The number of nitro benzene ring substituents is 1. The van der Waals surface area contributed by atoms with Crippen molar-refractivity contribution in [2.75, 3.05) is 13.7 Å². The number of nitro groups is 1. The van der Waals surface area contributed by atoms with Crippen molar-refractivity contribution in [3.05, 3.63) is 51.8 Å². The van der Waals surface area contributed by atoms with Gasteiger partial charge >= 0.3 is 5.69 Å². The average Bonchev–Trinajstić information content (AvgIpc) is 2.85. The Morgan fingerprint density at radius 1 is 1.43 bits per heavy atom. The van der Waals surface area contributed by atoms with Crippen molar-refractivity contribution in [1.29, 1.82) is 0 Å². The summed E-state index contributed by atoms with van der Waals surface area (Å²) in [6.07, 6.45) is 4.31. The first-order valence-electron chi connectivity index (χ1n) is 6.62. The van der Waals surface area contributed by atoms with E-state index in [1.165, 1.54) is 6.07 Å². The summed E-state index contributed by atoms with van der Waals surface area (Å²) in [5.41, 5.74) is 1.96. The van der Waals surface area contributed by atoms with Gasteiger partial charge in [-0.3, -0.25) is 14.8 Å². The summed E-state index contributed by atoms with van der Waals surface area (Å²) in [6.45, 7) is 1.01. The molecule has 2 rings (SSSR count). The molecule has 1 aromatic heterocycles. The number of nitrogens with zero attached hydrogens (tertiary/aromatic N) is 3. The van der Waals surface area contributed by atoms with Gasteiger partial charge in [0.25, 0.3) is 0 Å². The summed E-state index contributed by atoms with van der Waals surface area (Å²) in [5, 5.41) is 18.1. The third-order valence-corrected chi connectivity index (χ3v) is 3.01. The molecule has 112 valence electrons. The van der Waals surface area contributed by atoms with Crippen LogP contribution in [-0.4, -0.2) is 28.4 Å². The van der Waals surface area contributed by atoms with Crippen molar-refractivity contribution in [3.63, 3.8) is 0 Å². The molecule has 0 unspecified atom stereocenters. The smallest absolute Gasteiger partial charge is 0.310 e. The minimum Gasteiger partial charge on any atom is -0.486 e. The van der Waals surface area contributed by atoms with Crippen LogP contribution in [0.2, 0.25) is 0 Å². The van der Waals surface area contributed by atoms with Crippen LogP contribution < -0.4 is 10.1 Å². The molecule has 0 saturated carbocycles. The van der Waals surface area contributed by atoms with Crippen LogP contribution in [0.4, 0.5) is 5.69 Å². The Morgan fingerprint density at radius 2 is 2.24 bits per heavy atom. The largest absolute Gasteiger partial charge is 0.486 e. The Hall–Kier alpha value is -2.41. The quantitative estimate of drug-likeness (QED) is 0.619. The minimum absolute atomic E-state index is 0.0129. The molecule has 0 atom stereocenters. The number of aryl methyl sites for hydroxylation is 1. The van der Waals surface area contributed by atoms with Gasteiger partial charge in [0.2, 0.25) is 0 Å². The molecule has 7 nitrogen and oxygen atoms in total. The lowest BCUT2D eigenvalue weighted by Gasteiger charge is -2.08. The molecule has 0 radical (unpaired) electrons. The highest BCUT2D eigenvalue weighted by atomic mass is 16.6.